The summed E-state index contributed by atoms with van der Waals surface area (Å²) >= 11 is 0. The van der Waals surface area contributed by atoms with E-state index in [1.54, 1.807) is 10.9 Å². The first-order valence-electron chi connectivity index (χ1n) is 11.1. The molecule has 0 saturated heterocycles. The summed E-state index contributed by atoms with van der Waals surface area (Å²) in [6, 6.07) is 14.0. The van der Waals surface area contributed by atoms with Crippen LogP contribution in [-0.4, -0.2) is 42.5 Å². The fraction of sp³-hybridized carbons (Fsp3) is 0.320. The predicted molar refractivity (Wildman–Crippen MR) is 123 cm³/mol. The molecule has 0 unspecified atom stereocenters. The molecule has 1 aliphatic rings. The van der Waals surface area contributed by atoms with Gasteiger partial charge in [0.25, 0.3) is 5.91 Å². The van der Waals surface area contributed by atoms with Crippen LogP contribution in [0.1, 0.15) is 41.6 Å². The fourth-order valence-electron chi connectivity index (χ4n) is 4.49. The number of aliphatic hydroxyl groups is 1. The van der Waals surface area contributed by atoms with Crippen LogP contribution in [0.3, 0.4) is 0 Å². The number of pyridine rings is 1. The highest BCUT2D eigenvalue weighted by atomic mass is 16.3. The van der Waals surface area contributed by atoms with Gasteiger partial charge in [-0.1, -0.05) is 37.1 Å². The third kappa shape index (κ3) is 4.03. The monoisotopic (exact) mass is 429 g/mol. The van der Waals surface area contributed by atoms with Gasteiger partial charge < -0.3 is 15.0 Å². The van der Waals surface area contributed by atoms with Gasteiger partial charge in [-0.2, -0.15) is 5.10 Å². The normalized spacial score (nSPS) is 18.7. The minimum Gasteiger partial charge on any atom is -0.391 e. The molecule has 1 amide bonds. The van der Waals surface area contributed by atoms with Gasteiger partial charge in [-0.05, 0) is 36.6 Å². The Bertz CT molecular complexity index is 1240. The van der Waals surface area contributed by atoms with Gasteiger partial charge in [0.2, 0.25) is 0 Å². The number of carbonyl (C=O) groups is 1. The second kappa shape index (κ2) is 8.59. The lowest BCUT2D eigenvalue weighted by Gasteiger charge is -2.28. The van der Waals surface area contributed by atoms with E-state index in [-0.39, 0.29) is 11.9 Å². The molecule has 4 aromatic rings. The largest absolute Gasteiger partial charge is 0.391 e. The van der Waals surface area contributed by atoms with Crippen LogP contribution >= 0.6 is 0 Å². The van der Waals surface area contributed by atoms with Crippen molar-refractivity contribution >= 4 is 16.9 Å². The number of aryl methyl sites for hydroxylation is 1. The molecule has 0 bridgehead atoms. The van der Waals surface area contributed by atoms with Gasteiger partial charge in [-0.25, -0.2) is 0 Å². The highest BCUT2D eigenvalue weighted by Crippen LogP contribution is 2.24. The van der Waals surface area contributed by atoms with Crippen LogP contribution in [0.25, 0.3) is 22.3 Å². The first-order valence-corrected chi connectivity index (χ1v) is 11.1. The summed E-state index contributed by atoms with van der Waals surface area (Å²) in [5, 5.41) is 17.7. The predicted octanol–water partition coefficient (Wildman–Crippen LogP) is 3.52. The molecule has 2 atom stereocenters. The van der Waals surface area contributed by atoms with Gasteiger partial charge in [-0.15, -0.1) is 0 Å². The lowest BCUT2D eigenvalue weighted by Crippen LogP contribution is -2.45. The molecule has 164 valence electrons. The van der Waals surface area contributed by atoms with E-state index < -0.39 is 6.10 Å². The standard InChI is InChI=1S/C25H27N5O2/c1-29-14-12-20(28-29)18-10-8-17(9-11-18)15-30-16-19(24-22(30)6-4-13-26-24)25(32)27-21-5-2-3-7-23(21)31/h4,6,8-14,16,21,23,31H,2-3,5,7,15H2,1H3,(H,27,32)/t21-,23-/m0/s1. The van der Waals surface area contributed by atoms with E-state index >= 15 is 0 Å². The minimum absolute atomic E-state index is 0.177. The molecular weight excluding hydrogens is 402 g/mol. The number of aromatic nitrogens is 4. The Morgan fingerprint density at radius 3 is 2.72 bits per heavy atom. The number of hydrogen-bond acceptors (Lipinski definition) is 4. The van der Waals surface area contributed by atoms with E-state index in [9.17, 15) is 9.90 Å². The van der Waals surface area contributed by atoms with Crippen molar-refractivity contribution in [1.82, 2.24) is 24.6 Å². The van der Waals surface area contributed by atoms with Crippen LogP contribution < -0.4 is 5.32 Å². The number of fused-ring (bicyclic) bond motifs is 1. The van der Waals surface area contributed by atoms with Crippen LogP contribution in [0.4, 0.5) is 0 Å². The zero-order chi connectivity index (χ0) is 22.1. The Morgan fingerprint density at radius 2 is 1.97 bits per heavy atom. The van der Waals surface area contributed by atoms with E-state index in [1.165, 1.54) is 0 Å². The lowest BCUT2D eigenvalue weighted by molar-refractivity contribution is 0.0718. The Hall–Kier alpha value is -3.45. The zero-order valence-corrected chi connectivity index (χ0v) is 18.1. The number of rotatable bonds is 5. The number of aliphatic hydroxyl groups excluding tert-OH is 1. The average molecular weight is 430 g/mol. The highest BCUT2D eigenvalue weighted by molar-refractivity contribution is 6.05. The summed E-state index contributed by atoms with van der Waals surface area (Å²) in [6.45, 7) is 0.629. The molecule has 1 aliphatic carbocycles. The zero-order valence-electron chi connectivity index (χ0n) is 18.1. The van der Waals surface area contributed by atoms with Crippen molar-refractivity contribution in [2.75, 3.05) is 0 Å². The van der Waals surface area contributed by atoms with E-state index in [4.69, 9.17) is 0 Å². The second-order valence-electron chi connectivity index (χ2n) is 8.55. The summed E-state index contributed by atoms with van der Waals surface area (Å²) in [7, 11) is 1.91. The third-order valence-corrected chi connectivity index (χ3v) is 6.24. The van der Waals surface area contributed by atoms with Gasteiger partial charge in [-0.3, -0.25) is 14.5 Å². The smallest absolute Gasteiger partial charge is 0.255 e. The van der Waals surface area contributed by atoms with Crippen LogP contribution in [-0.2, 0) is 13.6 Å². The molecule has 2 N–H and O–H groups in total. The summed E-state index contributed by atoms with van der Waals surface area (Å²) in [4.78, 5) is 17.5. The summed E-state index contributed by atoms with van der Waals surface area (Å²) < 4.78 is 3.85. The summed E-state index contributed by atoms with van der Waals surface area (Å²) in [5.41, 5.74) is 5.28. The Morgan fingerprint density at radius 1 is 1.16 bits per heavy atom. The van der Waals surface area contributed by atoms with E-state index in [0.717, 1.165) is 48.0 Å². The SMILES string of the molecule is Cn1ccc(-c2ccc(Cn3cc(C(=O)N[C@H]4CCCC[C@@H]4O)c4ncccc43)cc2)n1. The van der Waals surface area contributed by atoms with Gasteiger partial charge in [0.05, 0.1) is 28.9 Å². The van der Waals surface area contributed by atoms with Crippen molar-refractivity contribution in [2.45, 2.75) is 44.4 Å². The molecule has 0 aliphatic heterocycles. The highest BCUT2D eigenvalue weighted by Gasteiger charge is 2.26. The topological polar surface area (TPSA) is 85.0 Å². The molecule has 3 aromatic heterocycles. The Kier molecular flexibility index (Phi) is 5.49. The van der Waals surface area contributed by atoms with Crippen LogP contribution in [0, 0.1) is 0 Å². The first kappa shape index (κ1) is 20.5. The number of carbonyl (C=O) groups excluding carboxylic acids is 1. The van der Waals surface area contributed by atoms with Crippen LogP contribution in [0.5, 0.6) is 0 Å². The van der Waals surface area contributed by atoms with E-state index in [0.29, 0.717) is 17.6 Å². The number of nitrogens with one attached hydrogen (secondary N) is 1. The van der Waals surface area contributed by atoms with Gasteiger partial charge in [0.15, 0.2) is 0 Å². The molecule has 1 aromatic carbocycles. The first-order chi connectivity index (χ1) is 15.6. The molecule has 1 saturated carbocycles. The number of benzene rings is 1. The lowest BCUT2D eigenvalue weighted by atomic mass is 9.92. The summed E-state index contributed by atoms with van der Waals surface area (Å²) in [5.74, 6) is -0.177. The fourth-order valence-corrected chi connectivity index (χ4v) is 4.49. The van der Waals surface area contributed by atoms with Crippen molar-refractivity contribution in [3.8, 4) is 11.3 Å². The number of nitrogens with zero attached hydrogens (tertiary/aromatic N) is 4. The number of amides is 1. The molecule has 1 fully saturated rings. The van der Waals surface area contributed by atoms with Gasteiger partial charge >= 0.3 is 0 Å². The third-order valence-electron chi connectivity index (χ3n) is 6.24. The maximum absolute atomic E-state index is 13.1. The molecule has 5 rings (SSSR count). The van der Waals surface area contributed by atoms with Crippen molar-refractivity contribution in [3.05, 3.63) is 72.2 Å². The van der Waals surface area contributed by atoms with E-state index in [1.807, 2.05) is 37.6 Å². The quantitative estimate of drug-likeness (QED) is 0.508. The Balaban J connectivity index is 1.39. The molecular formula is C25H27N5O2. The molecule has 7 nitrogen and oxygen atoms in total. The summed E-state index contributed by atoms with van der Waals surface area (Å²) in [6.07, 6.45) is 8.60. The van der Waals surface area contributed by atoms with Gasteiger partial charge in [0, 0.05) is 37.7 Å². The van der Waals surface area contributed by atoms with Gasteiger partial charge in [0.1, 0.15) is 5.52 Å². The van der Waals surface area contributed by atoms with Crippen molar-refractivity contribution in [1.29, 1.82) is 0 Å². The molecule has 0 spiro atoms. The molecule has 7 heteroatoms. The Labute approximate surface area is 186 Å². The minimum atomic E-state index is -0.480. The van der Waals surface area contributed by atoms with Crippen LogP contribution in [0.2, 0.25) is 0 Å². The second-order valence-corrected chi connectivity index (χ2v) is 8.55. The van der Waals surface area contributed by atoms with Crippen molar-refractivity contribution in [2.24, 2.45) is 7.05 Å². The maximum atomic E-state index is 13.1. The molecule has 3 heterocycles. The maximum Gasteiger partial charge on any atom is 0.255 e. The number of hydrogen-bond donors (Lipinski definition) is 2. The van der Waals surface area contributed by atoms with Crippen LogP contribution in [0.15, 0.2) is 61.1 Å². The van der Waals surface area contributed by atoms with Crippen molar-refractivity contribution in [3.63, 3.8) is 0 Å². The molecule has 32 heavy (non-hydrogen) atoms. The van der Waals surface area contributed by atoms with Crippen molar-refractivity contribution < 1.29 is 9.90 Å². The molecule has 0 radical (unpaired) electrons. The van der Waals surface area contributed by atoms with E-state index in [2.05, 4.69) is 44.2 Å². The average Bonchev–Trinajstić information content (AvgIpc) is 3.40.